The lowest BCUT2D eigenvalue weighted by molar-refractivity contribution is 0.0960. The van der Waals surface area contributed by atoms with Crippen molar-refractivity contribution in [3.8, 4) is 28.4 Å². The van der Waals surface area contributed by atoms with Crippen LogP contribution >= 0.6 is 0 Å². The maximum atomic E-state index is 13.6. The molecular formula is C31H27N3O4. The van der Waals surface area contributed by atoms with Gasteiger partial charge in [-0.05, 0) is 79.8 Å². The number of para-hydroxylation sites is 2. The van der Waals surface area contributed by atoms with Crippen molar-refractivity contribution < 1.29 is 14.3 Å². The first-order valence-corrected chi connectivity index (χ1v) is 12.8. The molecular weight excluding hydrogens is 478 g/mol. The topological polar surface area (TPSA) is 75.4 Å². The zero-order valence-electron chi connectivity index (χ0n) is 21.0. The van der Waals surface area contributed by atoms with Crippen LogP contribution in [0.15, 0.2) is 95.9 Å². The maximum absolute atomic E-state index is 13.6. The van der Waals surface area contributed by atoms with E-state index in [1.807, 2.05) is 48.5 Å². The number of rotatable bonds is 6. The molecule has 7 heteroatoms. The van der Waals surface area contributed by atoms with Crippen LogP contribution in [0.2, 0.25) is 0 Å². The highest BCUT2D eigenvalue weighted by Gasteiger charge is 2.22. The molecule has 0 bridgehead atoms. The van der Waals surface area contributed by atoms with Crippen molar-refractivity contribution >= 4 is 16.9 Å². The standard InChI is InChI=1S/C31H27N3O4/c1-37-27-17-15-22(19-28(27)38-24-11-5-6-12-24)23-16-18-29(32-20-23)33-25-13-7-8-14-26(25)34(31(33)36)30(35)21-9-3-2-4-10-21/h2-4,7-10,13-20,24H,5-6,11-12H2,1H3. The Morgan fingerprint density at radius 2 is 1.55 bits per heavy atom. The van der Waals surface area contributed by atoms with Crippen molar-refractivity contribution in [1.29, 1.82) is 0 Å². The second-order valence-electron chi connectivity index (χ2n) is 9.41. The van der Waals surface area contributed by atoms with Gasteiger partial charge in [-0.25, -0.2) is 18.9 Å². The number of benzene rings is 3. The summed E-state index contributed by atoms with van der Waals surface area (Å²) in [5.74, 6) is 1.48. The minimum absolute atomic E-state index is 0.211. The Balaban J connectivity index is 1.37. The Morgan fingerprint density at radius 3 is 2.26 bits per heavy atom. The fourth-order valence-electron chi connectivity index (χ4n) is 5.10. The van der Waals surface area contributed by atoms with Crippen LogP contribution in [0.5, 0.6) is 11.5 Å². The molecule has 2 aromatic heterocycles. The zero-order valence-corrected chi connectivity index (χ0v) is 21.0. The van der Waals surface area contributed by atoms with Gasteiger partial charge in [0.1, 0.15) is 5.82 Å². The molecule has 6 rings (SSSR count). The van der Waals surface area contributed by atoms with Gasteiger partial charge >= 0.3 is 5.69 Å². The molecule has 2 heterocycles. The molecule has 0 saturated heterocycles. The van der Waals surface area contributed by atoms with Gasteiger partial charge in [-0.15, -0.1) is 0 Å². The molecule has 0 spiro atoms. The summed E-state index contributed by atoms with van der Waals surface area (Å²) in [6, 6.07) is 25.6. The van der Waals surface area contributed by atoms with Gasteiger partial charge in [-0.2, -0.15) is 0 Å². The Kier molecular flexibility index (Phi) is 6.25. The number of carbonyl (C=O) groups is 1. The van der Waals surface area contributed by atoms with Crippen molar-refractivity contribution in [1.82, 2.24) is 14.1 Å². The van der Waals surface area contributed by atoms with E-state index in [0.717, 1.165) is 29.7 Å². The number of imidazole rings is 1. The van der Waals surface area contributed by atoms with Crippen molar-refractivity contribution in [2.45, 2.75) is 31.8 Å². The van der Waals surface area contributed by atoms with Crippen molar-refractivity contribution in [3.63, 3.8) is 0 Å². The van der Waals surface area contributed by atoms with Crippen LogP contribution in [0, 0.1) is 0 Å². The zero-order chi connectivity index (χ0) is 26.1. The number of methoxy groups -OCH3 is 1. The van der Waals surface area contributed by atoms with E-state index in [0.29, 0.717) is 28.2 Å². The van der Waals surface area contributed by atoms with Gasteiger partial charge in [0.15, 0.2) is 11.5 Å². The summed E-state index contributed by atoms with van der Waals surface area (Å²) < 4.78 is 14.5. The van der Waals surface area contributed by atoms with Crippen LogP contribution in [0.3, 0.4) is 0 Å². The molecule has 190 valence electrons. The quantitative estimate of drug-likeness (QED) is 0.288. The van der Waals surface area contributed by atoms with E-state index < -0.39 is 5.69 Å². The predicted molar refractivity (Wildman–Crippen MR) is 146 cm³/mol. The molecule has 1 aliphatic carbocycles. The average molecular weight is 506 g/mol. The molecule has 38 heavy (non-hydrogen) atoms. The summed E-state index contributed by atoms with van der Waals surface area (Å²) in [5, 5.41) is 0. The third-order valence-corrected chi connectivity index (χ3v) is 7.04. The SMILES string of the molecule is COc1ccc(-c2ccc(-n3c(=O)n(C(=O)c4ccccc4)c4ccccc43)nc2)cc1OC1CCCC1. The summed E-state index contributed by atoms with van der Waals surface area (Å²) in [6.07, 6.45) is 6.42. The molecule has 0 amide bonds. The van der Waals surface area contributed by atoms with Crippen LogP contribution < -0.4 is 15.2 Å². The van der Waals surface area contributed by atoms with Crippen LogP contribution in [0.1, 0.15) is 36.0 Å². The lowest BCUT2D eigenvalue weighted by Gasteiger charge is -2.17. The second-order valence-corrected chi connectivity index (χ2v) is 9.41. The van der Waals surface area contributed by atoms with Crippen LogP contribution in [0.4, 0.5) is 0 Å². The number of nitrogens with zero attached hydrogens (tertiary/aromatic N) is 3. The number of pyridine rings is 1. The fourth-order valence-corrected chi connectivity index (χ4v) is 5.10. The number of fused-ring (bicyclic) bond motifs is 1. The molecule has 0 radical (unpaired) electrons. The first kappa shape index (κ1) is 23.7. The first-order chi connectivity index (χ1) is 18.6. The van der Waals surface area contributed by atoms with Gasteiger partial charge in [0.25, 0.3) is 5.91 Å². The largest absolute Gasteiger partial charge is 0.493 e. The lowest BCUT2D eigenvalue weighted by atomic mass is 10.1. The molecule has 0 unspecified atom stereocenters. The lowest BCUT2D eigenvalue weighted by Crippen LogP contribution is -2.29. The normalized spacial score (nSPS) is 13.6. The second kappa shape index (κ2) is 10.0. The van der Waals surface area contributed by atoms with Crippen molar-refractivity contribution in [2.24, 2.45) is 0 Å². The van der Waals surface area contributed by atoms with Gasteiger partial charge < -0.3 is 9.47 Å². The Labute approximate surface area is 219 Å². The number of hydrogen-bond acceptors (Lipinski definition) is 5. The number of ether oxygens (including phenoxy) is 2. The molecule has 3 aromatic carbocycles. The highest BCUT2D eigenvalue weighted by atomic mass is 16.5. The number of aromatic nitrogens is 3. The van der Waals surface area contributed by atoms with E-state index in [1.54, 1.807) is 49.7 Å². The van der Waals surface area contributed by atoms with Crippen LogP contribution in [0.25, 0.3) is 28.0 Å². The number of hydrogen-bond donors (Lipinski definition) is 0. The van der Waals surface area contributed by atoms with Crippen LogP contribution in [-0.4, -0.2) is 33.2 Å². The molecule has 1 saturated carbocycles. The molecule has 0 N–H and O–H groups in total. The first-order valence-electron chi connectivity index (χ1n) is 12.8. The number of carbonyl (C=O) groups excluding carboxylic acids is 1. The summed E-state index contributed by atoms with van der Waals surface area (Å²) in [5.41, 5.74) is 2.93. The summed E-state index contributed by atoms with van der Waals surface area (Å²) in [6.45, 7) is 0. The van der Waals surface area contributed by atoms with Gasteiger partial charge in [0, 0.05) is 17.3 Å². The van der Waals surface area contributed by atoms with Gasteiger partial charge in [-0.1, -0.05) is 36.4 Å². The summed E-state index contributed by atoms with van der Waals surface area (Å²) in [7, 11) is 1.64. The van der Waals surface area contributed by atoms with Crippen molar-refractivity contribution in [2.75, 3.05) is 7.11 Å². The van der Waals surface area contributed by atoms with Gasteiger partial charge in [-0.3, -0.25) is 4.79 Å². The monoisotopic (exact) mass is 505 g/mol. The summed E-state index contributed by atoms with van der Waals surface area (Å²) in [4.78, 5) is 31.5. The minimum atomic E-state index is -0.461. The molecule has 5 aromatic rings. The molecule has 1 fully saturated rings. The molecule has 0 aliphatic heterocycles. The van der Waals surface area contributed by atoms with Crippen LogP contribution in [-0.2, 0) is 0 Å². The van der Waals surface area contributed by atoms with Gasteiger partial charge in [0.2, 0.25) is 0 Å². The predicted octanol–water partition coefficient (Wildman–Crippen LogP) is 5.87. The fraction of sp³-hybridized carbons (Fsp3) is 0.194. The van der Waals surface area contributed by atoms with Gasteiger partial charge in [0.05, 0.1) is 24.2 Å². The van der Waals surface area contributed by atoms with E-state index in [1.165, 1.54) is 22.0 Å². The summed E-state index contributed by atoms with van der Waals surface area (Å²) >= 11 is 0. The van der Waals surface area contributed by atoms with Crippen molar-refractivity contribution in [3.05, 3.63) is 107 Å². The van der Waals surface area contributed by atoms with E-state index >= 15 is 0 Å². The smallest absolute Gasteiger partial charge is 0.342 e. The molecule has 7 nitrogen and oxygen atoms in total. The minimum Gasteiger partial charge on any atom is -0.493 e. The Morgan fingerprint density at radius 1 is 0.842 bits per heavy atom. The molecule has 1 aliphatic rings. The van der Waals surface area contributed by atoms with E-state index in [2.05, 4.69) is 4.98 Å². The Hall–Kier alpha value is -4.65. The van der Waals surface area contributed by atoms with E-state index in [4.69, 9.17) is 9.47 Å². The molecule has 0 atom stereocenters. The average Bonchev–Trinajstić information content (AvgIpc) is 3.58. The Bertz CT molecular complexity index is 1660. The third-order valence-electron chi connectivity index (χ3n) is 7.04. The third kappa shape index (κ3) is 4.26. The van der Waals surface area contributed by atoms with E-state index in [9.17, 15) is 9.59 Å². The van der Waals surface area contributed by atoms with E-state index in [-0.39, 0.29) is 12.0 Å². The highest BCUT2D eigenvalue weighted by Crippen LogP contribution is 2.35. The maximum Gasteiger partial charge on any atom is 0.342 e. The highest BCUT2D eigenvalue weighted by molar-refractivity contribution is 6.01.